The summed E-state index contributed by atoms with van der Waals surface area (Å²) in [5, 5.41) is 0. The van der Waals surface area contributed by atoms with Crippen LogP contribution in [0.5, 0.6) is 0 Å². The van der Waals surface area contributed by atoms with Crippen molar-refractivity contribution in [3.05, 3.63) is 0 Å². The average Bonchev–Trinajstić information content (AvgIpc) is 2.64. The van der Waals surface area contributed by atoms with E-state index >= 15 is 0 Å². The third-order valence-corrected chi connectivity index (χ3v) is 3.39. The number of hydrogen-bond acceptors (Lipinski definition) is 8. The second kappa shape index (κ2) is 19.4. The Hall–Kier alpha value is -0.320. The van der Waals surface area contributed by atoms with Crippen LogP contribution in [0.25, 0.3) is 0 Å². The van der Waals surface area contributed by atoms with Gasteiger partial charge in [-0.05, 0) is 41.5 Å². The van der Waals surface area contributed by atoms with E-state index in [0.29, 0.717) is 92.5 Å². The maximum Gasteiger partial charge on any atom is 0.0707 e. The van der Waals surface area contributed by atoms with Crippen LogP contribution >= 0.6 is 0 Å². The van der Waals surface area contributed by atoms with Gasteiger partial charge in [-0.1, -0.05) is 0 Å². The predicted molar refractivity (Wildman–Crippen MR) is 116 cm³/mol. The van der Waals surface area contributed by atoms with Gasteiger partial charge < -0.3 is 37.9 Å². The lowest BCUT2D eigenvalue weighted by Gasteiger charge is -2.19. The molecule has 0 aliphatic rings. The van der Waals surface area contributed by atoms with Crippen LogP contribution in [-0.2, 0) is 37.9 Å². The van der Waals surface area contributed by atoms with Gasteiger partial charge in [0.1, 0.15) is 0 Å². The number of hydrogen-bond donors (Lipinski definition) is 0. The van der Waals surface area contributed by atoms with Gasteiger partial charge in [-0.2, -0.15) is 0 Å². The summed E-state index contributed by atoms with van der Waals surface area (Å²) in [6.45, 7) is 20.0. The Kier molecular flexibility index (Phi) is 19.2. The van der Waals surface area contributed by atoms with Crippen molar-refractivity contribution in [2.24, 2.45) is 0 Å². The van der Waals surface area contributed by atoms with Gasteiger partial charge in [-0.3, -0.25) is 0 Å². The molecule has 0 saturated carbocycles. The Morgan fingerprint density at radius 3 is 0.633 bits per heavy atom. The average molecular weight is 439 g/mol. The minimum Gasteiger partial charge on any atom is -0.377 e. The molecule has 0 N–H and O–H groups in total. The Morgan fingerprint density at radius 1 is 0.300 bits per heavy atom. The van der Waals surface area contributed by atoms with Gasteiger partial charge in [0.2, 0.25) is 0 Å². The highest BCUT2D eigenvalue weighted by atomic mass is 16.6. The molecule has 0 amide bonds. The zero-order chi connectivity index (χ0) is 22.6. The van der Waals surface area contributed by atoms with Crippen molar-refractivity contribution >= 4 is 0 Å². The first-order valence-corrected chi connectivity index (χ1v) is 10.9. The van der Waals surface area contributed by atoms with E-state index in [1.54, 1.807) is 0 Å². The fourth-order valence-corrected chi connectivity index (χ4v) is 2.02. The van der Waals surface area contributed by atoms with Crippen molar-refractivity contribution in [2.45, 2.75) is 52.7 Å². The largest absolute Gasteiger partial charge is 0.377 e. The molecule has 8 nitrogen and oxygen atoms in total. The fraction of sp³-hybridized carbons (Fsp3) is 1.00. The molecule has 0 rings (SSSR count). The van der Waals surface area contributed by atoms with Crippen LogP contribution < -0.4 is 0 Å². The Labute approximate surface area is 183 Å². The van der Waals surface area contributed by atoms with Gasteiger partial charge in [0.15, 0.2) is 0 Å². The third kappa shape index (κ3) is 27.7. The minimum atomic E-state index is -0.120. The van der Waals surface area contributed by atoms with Gasteiger partial charge in [0.05, 0.1) is 104 Å². The molecule has 0 aliphatic heterocycles. The fourth-order valence-electron chi connectivity index (χ4n) is 2.02. The molecule has 8 heteroatoms. The normalized spacial score (nSPS) is 12.6. The molecule has 0 aromatic rings. The van der Waals surface area contributed by atoms with Gasteiger partial charge in [0.25, 0.3) is 0 Å². The summed E-state index contributed by atoms with van der Waals surface area (Å²) >= 11 is 0. The molecule has 0 heterocycles. The maximum absolute atomic E-state index is 5.56. The van der Waals surface area contributed by atoms with E-state index in [-0.39, 0.29) is 11.2 Å². The first-order chi connectivity index (χ1) is 14.2. The molecule has 0 bridgehead atoms. The summed E-state index contributed by atoms with van der Waals surface area (Å²) in [4.78, 5) is 0. The second-order valence-electron chi connectivity index (χ2n) is 8.60. The molecule has 0 atom stereocenters. The van der Waals surface area contributed by atoms with Gasteiger partial charge >= 0.3 is 0 Å². The van der Waals surface area contributed by atoms with E-state index in [4.69, 9.17) is 37.9 Å². The van der Waals surface area contributed by atoms with Gasteiger partial charge in [-0.15, -0.1) is 0 Å². The highest BCUT2D eigenvalue weighted by Gasteiger charge is 2.09. The lowest BCUT2D eigenvalue weighted by Crippen LogP contribution is -2.22. The molecule has 0 aromatic heterocycles. The van der Waals surface area contributed by atoms with E-state index in [1.165, 1.54) is 0 Å². The molecule has 0 fully saturated rings. The van der Waals surface area contributed by atoms with E-state index in [9.17, 15) is 0 Å². The van der Waals surface area contributed by atoms with E-state index in [0.717, 1.165) is 0 Å². The summed E-state index contributed by atoms with van der Waals surface area (Å²) in [6.07, 6.45) is 0. The van der Waals surface area contributed by atoms with Crippen molar-refractivity contribution < 1.29 is 37.9 Å². The summed E-state index contributed by atoms with van der Waals surface area (Å²) in [5.41, 5.74) is -0.241. The SMILES string of the molecule is CC(C)(C)OCCOCCOCCOCCOCCOCCOCCOC(C)(C)C. The first kappa shape index (κ1) is 29.7. The highest BCUT2D eigenvalue weighted by Crippen LogP contribution is 2.06. The minimum absolute atomic E-state index is 0.120. The predicted octanol–water partition coefficient (Wildman–Crippen LogP) is 2.72. The van der Waals surface area contributed by atoms with Crippen molar-refractivity contribution in [1.82, 2.24) is 0 Å². The van der Waals surface area contributed by atoms with Crippen LogP contribution in [0.2, 0.25) is 0 Å². The number of ether oxygens (including phenoxy) is 8. The quantitative estimate of drug-likeness (QED) is 0.253. The molecular formula is C22H46O8. The molecule has 0 aliphatic carbocycles. The van der Waals surface area contributed by atoms with Crippen molar-refractivity contribution in [3.8, 4) is 0 Å². The highest BCUT2D eigenvalue weighted by molar-refractivity contribution is 4.58. The number of rotatable bonds is 21. The summed E-state index contributed by atoms with van der Waals surface area (Å²) in [6, 6.07) is 0. The molecule has 0 spiro atoms. The van der Waals surface area contributed by atoms with Gasteiger partial charge in [-0.25, -0.2) is 0 Å². The molecular weight excluding hydrogens is 392 g/mol. The monoisotopic (exact) mass is 438 g/mol. The molecule has 30 heavy (non-hydrogen) atoms. The molecule has 182 valence electrons. The third-order valence-electron chi connectivity index (χ3n) is 3.39. The Bertz CT molecular complexity index is 318. The van der Waals surface area contributed by atoms with Crippen LogP contribution in [0.4, 0.5) is 0 Å². The van der Waals surface area contributed by atoms with Crippen LogP contribution in [-0.4, -0.2) is 104 Å². The Morgan fingerprint density at radius 2 is 0.467 bits per heavy atom. The van der Waals surface area contributed by atoms with Crippen molar-refractivity contribution in [1.29, 1.82) is 0 Å². The Balaban J connectivity index is 3.07. The summed E-state index contributed by atoms with van der Waals surface area (Å²) in [5.74, 6) is 0. The molecule has 0 radical (unpaired) electrons. The molecule has 0 saturated heterocycles. The van der Waals surface area contributed by atoms with Crippen molar-refractivity contribution in [2.75, 3.05) is 92.5 Å². The second-order valence-corrected chi connectivity index (χ2v) is 8.60. The van der Waals surface area contributed by atoms with E-state index < -0.39 is 0 Å². The zero-order valence-corrected chi connectivity index (χ0v) is 20.2. The van der Waals surface area contributed by atoms with Crippen LogP contribution in [0.15, 0.2) is 0 Å². The van der Waals surface area contributed by atoms with Crippen LogP contribution in [0.3, 0.4) is 0 Å². The maximum atomic E-state index is 5.56. The molecule has 0 unspecified atom stereocenters. The van der Waals surface area contributed by atoms with Crippen LogP contribution in [0.1, 0.15) is 41.5 Å². The summed E-state index contributed by atoms with van der Waals surface area (Å²) < 4.78 is 43.7. The lowest BCUT2D eigenvalue weighted by atomic mass is 10.2. The zero-order valence-electron chi connectivity index (χ0n) is 20.2. The summed E-state index contributed by atoms with van der Waals surface area (Å²) in [7, 11) is 0. The van der Waals surface area contributed by atoms with Crippen LogP contribution in [0, 0.1) is 0 Å². The van der Waals surface area contributed by atoms with E-state index in [2.05, 4.69) is 0 Å². The van der Waals surface area contributed by atoms with E-state index in [1.807, 2.05) is 41.5 Å². The molecule has 0 aromatic carbocycles. The topological polar surface area (TPSA) is 73.8 Å². The first-order valence-electron chi connectivity index (χ1n) is 10.9. The lowest BCUT2D eigenvalue weighted by molar-refractivity contribution is -0.0489. The van der Waals surface area contributed by atoms with Crippen molar-refractivity contribution in [3.63, 3.8) is 0 Å². The van der Waals surface area contributed by atoms with Gasteiger partial charge in [0, 0.05) is 0 Å². The standard InChI is InChI=1S/C22H46O8/c1-21(2,3)29-19-17-27-15-13-25-11-9-23-7-8-24-10-12-26-14-16-28-18-20-30-22(4,5)6/h7-20H2,1-6H3. The smallest absolute Gasteiger partial charge is 0.0707 e.